The molecule has 0 aliphatic heterocycles. The Balaban J connectivity index is 1.25. The van der Waals surface area contributed by atoms with Crippen molar-refractivity contribution in [3.8, 4) is 33.8 Å². The third kappa shape index (κ3) is 9.96. The van der Waals surface area contributed by atoms with Gasteiger partial charge in [-0.1, -0.05) is 114 Å². The van der Waals surface area contributed by atoms with Gasteiger partial charge < -0.3 is 9.47 Å². The molecule has 0 atom stereocenters. The fourth-order valence-corrected chi connectivity index (χ4v) is 7.08. The summed E-state index contributed by atoms with van der Waals surface area (Å²) in [5, 5.41) is 0. The van der Waals surface area contributed by atoms with Crippen LogP contribution in [-0.2, 0) is 35.3 Å². The summed E-state index contributed by atoms with van der Waals surface area (Å²) < 4.78 is 12.3. The highest BCUT2D eigenvalue weighted by atomic mass is 16.5. The molecule has 0 unspecified atom stereocenters. The molecule has 4 nitrogen and oxygen atoms in total. The van der Waals surface area contributed by atoms with Gasteiger partial charge in [0.25, 0.3) is 0 Å². The van der Waals surface area contributed by atoms with E-state index in [4.69, 9.17) is 9.47 Å². The highest BCUT2D eigenvalue weighted by Crippen LogP contribution is 2.37. The van der Waals surface area contributed by atoms with E-state index in [2.05, 4.69) is 100 Å². The van der Waals surface area contributed by atoms with Gasteiger partial charge >= 0.3 is 11.9 Å². The minimum Gasteiger partial charge on any atom is -0.426 e. The minimum absolute atomic E-state index is 0.210. The second-order valence-electron chi connectivity index (χ2n) is 14.2. The minimum atomic E-state index is -0.242. The molecule has 4 heteroatoms. The molecule has 0 N–H and O–H groups in total. The van der Waals surface area contributed by atoms with E-state index in [1.807, 2.05) is 12.1 Å². The summed E-state index contributed by atoms with van der Waals surface area (Å²) >= 11 is 0. The molecule has 0 radical (unpaired) electrons. The van der Waals surface area contributed by atoms with Crippen LogP contribution in [0.25, 0.3) is 22.3 Å². The number of ether oxygens (including phenoxy) is 2. The normalized spacial score (nSPS) is 15.8. The van der Waals surface area contributed by atoms with Gasteiger partial charge in [0, 0.05) is 11.1 Å². The molecule has 1 aliphatic rings. The first-order valence-electron chi connectivity index (χ1n) is 19.3. The summed E-state index contributed by atoms with van der Waals surface area (Å²) in [6.07, 6.45) is 13.3. The molecule has 264 valence electrons. The Morgan fingerprint density at radius 2 is 0.840 bits per heavy atom. The first-order chi connectivity index (χ1) is 24.4. The monoisotopic (exact) mass is 672 g/mol. The van der Waals surface area contributed by atoms with Crippen molar-refractivity contribution in [1.82, 2.24) is 0 Å². The lowest BCUT2D eigenvalue weighted by molar-refractivity contribution is -0.145. The van der Waals surface area contributed by atoms with Crippen LogP contribution in [0.15, 0.2) is 84.9 Å². The van der Waals surface area contributed by atoms with E-state index in [9.17, 15) is 9.59 Å². The number of hydrogen-bond acceptors (Lipinski definition) is 4. The van der Waals surface area contributed by atoms with E-state index >= 15 is 0 Å². The van der Waals surface area contributed by atoms with Crippen molar-refractivity contribution in [2.45, 2.75) is 118 Å². The van der Waals surface area contributed by atoms with Crippen LogP contribution in [0.1, 0.15) is 114 Å². The van der Waals surface area contributed by atoms with E-state index in [0.29, 0.717) is 37.2 Å². The highest BCUT2D eigenvalue weighted by Gasteiger charge is 2.33. The molecule has 5 rings (SSSR count). The Kier molecular flexibility index (Phi) is 13.9. The largest absolute Gasteiger partial charge is 0.426 e. The zero-order valence-electron chi connectivity index (χ0n) is 30.8. The van der Waals surface area contributed by atoms with E-state index in [1.54, 1.807) is 0 Å². The van der Waals surface area contributed by atoms with E-state index < -0.39 is 0 Å². The molecule has 0 amide bonds. The van der Waals surface area contributed by atoms with Gasteiger partial charge in [0.05, 0.1) is 11.8 Å². The summed E-state index contributed by atoms with van der Waals surface area (Å²) in [6, 6.07) is 29.7. The predicted octanol–water partition coefficient (Wildman–Crippen LogP) is 11.9. The molecule has 50 heavy (non-hydrogen) atoms. The number of rotatable bonds is 16. The Hall–Kier alpha value is -4.18. The van der Waals surface area contributed by atoms with Crippen LogP contribution in [-0.4, -0.2) is 11.9 Å². The maximum atomic E-state index is 13.5. The predicted molar refractivity (Wildman–Crippen MR) is 206 cm³/mol. The van der Waals surface area contributed by atoms with Crippen LogP contribution in [0.5, 0.6) is 11.5 Å². The van der Waals surface area contributed by atoms with Crippen molar-refractivity contribution in [2.24, 2.45) is 11.8 Å². The van der Waals surface area contributed by atoms with Gasteiger partial charge in [-0.3, -0.25) is 9.59 Å². The fourth-order valence-electron chi connectivity index (χ4n) is 7.08. The Morgan fingerprint density at radius 1 is 0.480 bits per heavy atom. The zero-order valence-corrected chi connectivity index (χ0v) is 30.8. The lowest BCUT2D eigenvalue weighted by Crippen LogP contribution is -2.30. The first kappa shape index (κ1) is 37.1. The van der Waals surface area contributed by atoms with Crippen molar-refractivity contribution in [3.63, 3.8) is 0 Å². The van der Waals surface area contributed by atoms with Gasteiger partial charge in [0.2, 0.25) is 0 Å². The second-order valence-corrected chi connectivity index (χ2v) is 14.2. The molecule has 0 bridgehead atoms. The van der Waals surface area contributed by atoms with Gasteiger partial charge in [-0.15, -0.1) is 0 Å². The second kappa shape index (κ2) is 18.7. The highest BCUT2D eigenvalue weighted by molar-refractivity contribution is 5.82. The van der Waals surface area contributed by atoms with Crippen molar-refractivity contribution in [1.29, 1.82) is 0 Å². The van der Waals surface area contributed by atoms with Crippen LogP contribution in [0, 0.1) is 11.8 Å². The molecule has 1 saturated carbocycles. The molecule has 4 aromatic carbocycles. The molecule has 0 heterocycles. The summed E-state index contributed by atoms with van der Waals surface area (Å²) in [7, 11) is 0. The van der Waals surface area contributed by atoms with Crippen molar-refractivity contribution >= 4 is 11.9 Å². The standard InChI is InChI=1S/C46H56O4/c1-5-9-13-35-19-29-43(41(31-35)37-21-15-33(11-7-3)16-22-37)49-45(47)39-25-27-40(28-26-39)46(48)50-44-30-20-36(14-10-6-2)32-42(44)38-23-17-34(12-8-4)18-24-38/h15-24,29-32,39-40H,5-14,25-28H2,1-4H3. The number of unbranched alkanes of at least 4 members (excludes halogenated alkanes) is 2. The van der Waals surface area contributed by atoms with Crippen molar-refractivity contribution in [2.75, 3.05) is 0 Å². The zero-order chi connectivity index (χ0) is 35.3. The molecular formula is C46H56O4. The van der Waals surface area contributed by atoms with Gasteiger partial charge in [-0.25, -0.2) is 0 Å². The average Bonchev–Trinajstić information content (AvgIpc) is 3.15. The summed E-state index contributed by atoms with van der Waals surface area (Å²) in [5.74, 6) is 0.314. The number of esters is 2. The van der Waals surface area contributed by atoms with Gasteiger partial charge in [-0.05, 0) is 122 Å². The third-order valence-corrected chi connectivity index (χ3v) is 10.1. The van der Waals surface area contributed by atoms with Crippen molar-refractivity contribution < 1.29 is 19.1 Å². The number of hydrogen-bond donors (Lipinski definition) is 0. The van der Waals surface area contributed by atoms with Crippen LogP contribution in [0.2, 0.25) is 0 Å². The molecule has 0 spiro atoms. The molecule has 1 fully saturated rings. The number of carbonyl (C=O) groups excluding carboxylic acids is 2. The van der Waals surface area contributed by atoms with E-state index in [1.165, 1.54) is 22.3 Å². The summed E-state index contributed by atoms with van der Waals surface area (Å²) in [6.45, 7) is 8.79. The number of aryl methyl sites for hydroxylation is 4. The van der Waals surface area contributed by atoms with Crippen LogP contribution < -0.4 is 9.47 Å². The van der Waals surface area contributed by atoms with Crippen LogP contribution in [0.4, 0.5) is 0 Å². The van der Waals surface area contributed by atoms with Gasteiger partial charge in [0.1, 0.15) is 11.5 Å². The quantitative estimate of drug-likeness (QED) is 0.0878. The lowest BCUT2D eigenvalue weighted by atomic mass is 9.82. The fraction of sp³-hybridized carbons (Fsp3) is 0.435. The summed E-state index contributed by atoms with van der Waals surface area (Å²) in [4.78, 5) is 27.1. The van der Waals surface area contributed by atoms with E-state index in [0.717, 1.165) is 86.5 Å². The number of carbonyl (C=O) groups is 2. The molecular weight excluding hydrogens is 617 g/mol. The van der Waals surface area contributed by atoms with Gasteiger partial charge in [-0.2, -0.15) is 0 Å². The molecule has 4 aromatic rings. The Morgan fingerprint density at radius 3 is 1.18 bits per heavy atom. The smallest absolute Gasteiger partial charge is 0.314 e. The molecule has 1 aliphatic carbocycles. The summed E-state index contributed by atoms with van der Waals surface area (Å²) in [5.41, 5.74) is 9.19. The van der Waals surface area contributed by atoms with E-state index in [-0.39, 0.29) is 23.8 Å². The van der Waals surface area contributed by atoms with Crippen LogP contribution in [0.3, 0.4) is 0 Å². The Bertz CT molecular complexity index is 1550. The lowest BCUT2D eigenvalue weighted by Gasteiger charge is -2.26. The molecule has 0 aromatic heterocycles. The first-order valence-corrected chi connectivity index (χ1v) is 19.3. The van der Waals surface area contributed by atoms with Crippen molar-refractivity contribution in [3.05, 3.63) is 107 Å². The average molecular weight is 673 g/mol. The number of benzene rings is 4. The topological polar surface area (TPSA) is 52.6 Å². The maximum absolute atomic E-state index is 13.5. The third-order valence-electron chi connectivity index (χ3n) is 10.1. The SMILES string of the molecule is CCCCc1ccc(OC(=O)C2CCC(C(=O)Oc3ccc(CCCC)cc3-c3ccc(CCC)cc3)CC2)c(-c2ccc(CCC)cc2)c1. The maximum Gasteiger partial charge on any atom is 0.314 e. The van der Waals surface area contributed by atoms with Crippen LogP contribution >= 0.6 is 0 Å². The van der Waals surface area contributed by atoms with Gasteiger partial charge in [0.15, 0.2) is 0 Å². The Labute approximate surface area is 300 Å². The molecule has 0 saturated heterocycles.